The summed E-state index contributed by atoms with van der Waals surface area (Å²) in [6, 6.07) is 7.03. The number of imidazole rings is 1. The normalized spacial score (nSPS) is 14.8. The van der Waals surface area contributed by atoms with Crippen molar-refractivity contribution in [2.45, 2.75) is 18.9 Å². The van der Waals surface area contributed by atoms with Crippen LogP contribution >= 0.6 is 0 Å². The van der Waals surface area contributed by atoms with E-state index in [0.717, 1.165) is 23.9 Å². The van der Waals surface area contributed by atoms with Crippen molar-refractivity contribution < 1.29 is 4.39 Å². The summed E-state index contributed by atoms with van der Waals surface area (Å²) in [6.45, 7) is 0. The SMILES string of the molecule is Nc1cccc(F)c1-c1nc2cnccc2n1C1CC1. The first-order chi connectivity index (χ1) is 9.75. The van der Waals surface area contributed by atoms with Gasteiger partial charge in [0.25, 0.3) is 0 Å². The molecular weight excluding hydrogens is 255 g/mol. The Bertz CT molecular complexity index is 784. The molecular formula is C15H13FN4. The van der Waals surface area contributed by atoms with Crippen LogP contribution in [0.3, 0.4) is 0 Å². The Hall–Kier alpha value is -2.43. The van der Waals surface area contributed by atoms with Gasteiger partial charge in [0.15, 0.2) is 0 Å². The van der Waals surface area contributed by atoms with Crippen molar-refractivity contribution in [2.24, 2.45) is 0 Å². The van der Waals surface area contributed by atoms with Gasteiger partial charge in [-0.1, -0.05) is 6.07 Å². The fourth-order valence-electron chi connectivity index (χ4n) is 2.61. The summed E-state index contributed by atoms with van der Waals surface area (Å²) in [4.78, 5) is 8.63. The highest BCUT2D eigenvalue weighted by atomic mass is 19.1. The molecule has 0 spiro atoms. The average Bonchev–Trinajstić information content (AvgIpc) is 3.19. The van der Waals surface area contributed by atoms with Crippen molar-refractivity contribution in [2.75, 3.05) is 5.73 Å². The first kappa shape index (κ1) is 11.4. The van der Waals surface area contributed by atoms with E-state index in [1.807, 2.05) is 6.07 Å². The van der Waals surface area contributed by atoms with E-state index < -0.39 is 0 Å². The lowest BCUT2D eigenvalue weighted by atomic mass is 10.1. The number of halogens is 1. The fourth-order valence-corrected chi connectivity index (χ4v) is 2.61. The monoisotopic (exact) mass is 268 g/mol. The molecule has 3 aromatic rings. The fraction of sp³-hybridized carbons (Fsp3) is 0.200. The third kappa shape index (κ3) is 1.59. The lowest BCUT2D eigenvalue weighted by Gasteiger charge is -2.10. The molecule has 5 heteroatoms. The average molecular weight is 268 g/mol. The van der Waals surface area contributed by atoms with E-state index in [9.17, 15) is 4.39 Å². The summed E-state index contributed by atoms with van der Waals surface area (Å²) in [5, 5.41) is 0. The van der Waals surface area contributed by atoms with Crippen LogP contribution < -0.4 is 5.73 Å². The van der Waals surface area contributed by atoms with Crippen LogP contribution in [0.15, 0.2) is 36.7 Å². The second kappa shape index (κ2) is 4.03. The zero-order valence-corrected chi connectivity index (χ0v) is 10.8. The van der Waals surface area contributed by atoms with Crippen LogP contribution in [0.1, 0.15) is 18.9 Å². The van der Waals surface area contributed by atoms with Gasteiger partial charge in [0.2, 0.25) is 0 Å². The third-order valence-electron chi connectivity index (χ3n) is 3.67. The molecule has 4 nitrogen and oxygen atoms in total. The van der Waals surface area contributed by atoms with Crippen molar-refractivity contribution >= 4 is 16.7 Å². The Morgan fingerprint density at radius 2 is 2.10 bits per heavy atom. The number of hydrogen-bond acceptors (Lipinski definition) is 3. The summed E-state index contributed by atoms with van der Waals surface area (Å²) in [5.41, 5.74) is 8.51. The van der Waals surface area contributed by atoms with Crippen LogP contribution in [-0.4, -0.2) is 14.5 Å². The minimum Gasteiger partial charge on any atom is -0.398 e. The minimum absolute atomic E-state index is 0.338. The van der Waals surface area contributed by atoms with E-state index in [1.54, 1.807) is 24.5 Å². The molecule has 0 radical (unpaired) electrons. The molecule has 20 heavy (non-hydrogen) atoms. The molecule has 0 saturated heterocycles. The van der Waals surface area contributed by atoms with Crippen LogP contribution in [0.4, 0.5) is 10.1 Å². The van der Waals surface area contributed by atoms with Crippen LogP contribution in [0.25, 0.3) is 22.4 Å². The van der Waals surface area contributed by atoms with Crippen molar-refractivity contribution in [3.63, 3.8) is 0 Å². The summed E-state index contributed by atoms with van der Waals surface area (Å²) in [7, 11) is 0. The predicted molar refractivity (Wildman–Crippen MR) is 75.6 cm³/mol. The molecule has 0 unspecified atom stereocenters. The molecule has 0 atom stereocenters. The van der Waals surface area contributed by atoms with E-state index in [2.05, 4.69) is 14.5 Å². The first-order valence-electron chi connectivity index (χ1n) is 6.62. The van der Waals surface area contributed by atoms with Crippen molar-refractivity contribution in [3.05, 3.63) is 42.5 Å². The van der Waals surface area contributed by atoms with Gasteiger partial charge in [-0.2, -0.15) is 0 Å². The van der Waals surface area contributed by atoms with E-state index >= 15 is 0 Å². The number of fused-ring (bicyclic) bond motifs is 1. The quantitative estimate of drug-likeness (QED) is 0.726. The predicted octanol–water partition coefficient (Wildman–Crippen LogP) is 3.15. The number of hydrogen-bond donors (Lipinski definition) is 1. The maximum Gasteiger partial charge on any atom is 0.146 e. The lowest BCUT2D eigenvalue weighted by molar-refractivity contribution is 0.628. The molecule has 1 aliphatic carbocycles. The van der Waals surface area contributed by atoms with Crippen molar-refractivity contribution in [3.8, 4) is 11.4 Å². The smallest absolute Gasteiger partial charge is 0.146 e. The van der Waals surface area contributed by atoms with Gasteiger partial charge in [-0.15, -0.1) is 0 Å². The Morgan fingerprint density at radius 1 is 1.25 bits per heavy atom. The topological polar surface area (TPSA) is 56.7 Å². The van der Waals surface area contributed by atoms with Gasteiger partial charge < -0.3 is 10.3 Å². The second-order valence-corrected chi connectivity index (χ2v) is 5.11. The number of rotatable bonds is 2. The van der Waals surface area contributed by atoms with Gasteiger partial charge in [-0.25, -0.2) is 9.37 Å². The number of pyridine rings is 1. The molecule has 0 aliphatic heterocycles. The number of nitrogens with zero attached hydrogens (tertiary/aromatic N) is 3. The third-order valence-corrected chi connectivity index (χ3v) is 3.67. The Labute approximate surface area is 115 Å². The summed E-state index contributed by atoms with van der Waals surface area (Å²) in [6.07, 6.45) is 5.62. The largest absolute Gasteiger partial charge is 0.398 e. The van der Waals surface area contributed by atoms with Crippen molar-refractivity contribution in [1.29, 1.82) is 0 Å². The van der Waals surface area contributed by atoms with E-state index in [4.69, 9.17) is 5.73 Å². The lowest BCUT2D eigenvalue weighted by Crippen LogP contribution is -2.02. The van der Waals surface area contributed by atoms with E-state index in [1.165, 1.54) is 6.07 Å². The second-order valence-electron chi connectivity index (χ2n) is 5.11. The number of anilines is 1. The van der Waals surface area contributed by atoms with Gasteiger partial charge in [-0.3, -0.25) is 4.98 Å². The van der Waals surface area contributed by atoms with Crippen LogP contribution in [-0.2, 0) is 0 Å². The molecule has 100 valence electrons. The number of nitrogens with two attached hydrogens (primary N) is 1. The molecule has 4 rings (SSSR count). The van der Waals surface area contributed by atoms with Crippen LogP contribution in [0.5, 0.6) is 0 Å². The molecule has 0 bridgehead atoms. The molecule has 0 amide bonds. The Kier molecular flexibility index (Phi) is 2.30. The number of nitrogen functional groups attached to an aromatic ring is 1. The van der Waals surface area contributed by atoms with Gasteiger partial charge in [0.1, 0.15) is 17.2 Å². The van der Waals surface area contributed by atoms with Crippen LogP contribution in [0, 0.1) is 5.82 Å². The molecule has 2 heterocycles. The molecule has 1 saturated carbocycles. The Balaban J connectivity index is 2.07. The molecule has 1 fully saturated rings. The van der Waals surface area contributed by atoms with Crippen LogP contribution in [0.2, 0.25) is 0 Å². The first-order valence-corrected chi connectivity index (χ1v) is 6.62. The zero-order valence-electron chi connectivity index (χ0n) is 10.8. The summed E-state index contributed by atoms with van der Waals surface area (Å²) < 4.78 is 16.3. The van der Waals surface area contributed by atoms with E-state index in [-0.39, 0.29) is 5.82 Å². The minimum atomic E-state index is -0.338. The number of aromatic nitrogens is 3. The maximum absolute atomic E-state index is 14.2. The highest BCUT2D eigenvalue weighted by Crippen LogP contribution is 2.42. The van der Waals surface area contributed by atoms with Gasteiger partial charge in [0.05, 0.1) is 17.3 Å². The molecule has 1 aromatic carbocycles. The summed E-state index contributed by atoms with van der Waals surface area (Å²) >= 11 is 0. The highest BCUT2D eigenvalue weighted by molar-refractivity contribution is 5.83. The molecule has 2 N–H and O–H groups in total. The van der Waals surface area contributed by atoms with Gasteiger partial charge >= 0.3 is 0 Å². The van der Waals surface area contributed by atoms with Gasteiger partial charge in [0, 0.05) is 17.9 Å². The van der Waals surface area contributed by atoms with Gasteiger partial charge in [-0.05, 0) is 31.0 Å². The Morgan fingerprint density at radius 3 is 2.85 bits per heavy atom. The molecule has 1 aliphatic rings. The van der Waals surface area contributed by atoms with Crippen molar-refractivity contribution in [1.82, 2.24) is 14.5 Å². The van der Waals surface area contributed by atoms with E-state index in [0.29, 0.717) is 23.1 Å². The molecule has 2 aromatic heterocycles. The maximum atomic E-state index is 14.2. The zero-order chi connectivity index (χ0) is 13.7. The standard InChI is InChI=1S/C15H13FN4/c16-10-2-1-3-11(17)14(10)15-19-12-8-18-7-6-13(12)20(15)9-4-5-9/h1-3,6-9H,4-5,17H2. The highest BCUT2D eigenvalue weighted by Gasteiger charge is 2.30. The number of benzene rings is 1. The summed E-state index contributed by atoms with van der Waals surface area (Å²) in [5.74, 6) is 0.265.